The summed E-state index contributed by atoms with van der Waals surface area (Å²) in [6.45, 7) is 4.75. The molecule has 0 fully saturated rings. The van der Waals surface area contributed by atoms with E-state index in [0.717, 1.165) is 44.1 Å². The SMILES string of the molecule is CCCCCOC(=O)C(CCCCC)C(=O)OCc1ccccc1. The first kappa shape index (κ1) is 20.2. The molecule has 0 aliphatic heterocycles. The number of carbonyl (C=O) groups excluding carboxylic acids is 2. The van der Waals surface area contributed by atoms with Gasteiger partial charge in [-0.3, -0.25) is 9.59 Å². The van der Waals surface area contributed by atoms with Crippen LogP contribution in [0.2, 0.25) is 0 Å². The highest BCUT2D eigenvalue weighted by Gasteiger charge is 2.29. The van der Waals surface area contributed by atoms with Gasteiger partial charge in [-0.05, 0) is 18.4 Å². The Morgan fingerprint density at radius 2 is 1.50 bits per heavy atom. The lowest BCUT2D eigenvalue weighted by atomic mass is 10.0. The second-order valence-corrected chi connectivity index (χ2v) is 6.02. The lowest BCUT2D eigenvalue weighted by Crippen LogP contribution is -2.28. The van der Waals surface area contributed by atoms with Gasteiger partial charge in [-0.1, -0.05) is 76.3 Å². The fourth-order valence-electron chi connectivity index (χ4n) is 2.39. The highest BCUT2D eigenvalue weighted by molar-refractivity contribution is 5.94. The molecule has 0 heterocycles. The quantitative estimate of drug-likeness (QED) is 0.317. The van der Waals surface area contributed by atoms with Crippen LogP contribution in [-0.2, 0) is 25.7 Å². The van der Waals surface area contributed by atoms with Gasteiger partial charge in [-0.25, -0.2) is 0 Å². The first-order chi connectivity index (χ1) is 11.7. The minimum absolute atomic E-state index is 0.188. The zero-order chi connectivity index (χ0) is 17.6. The van der Waals surface area contributed by atoms with Crippen molar-refractivity contribution in [2.45, 2.75) is 65.4 Å². The Balaban J connectivity index is 2.52. The van der Waals surface area contributed by atoms with Crippen molar-refractivity contribution >= 4 is 11.9 Å². The Kier molecular flexibility index (Phi) is 10.6. The molecule has 0 aliphatic rings. The average Bonchev–Trinajstić information content (AvgIpc) is 2.61. The van der Waals surface area contributed by atoms with E-state index in [2.05, 4.69) is 13.8 Å². The standard InChI is InChI=1S/C20H30O4/c1-3-5-8-14-18(19(21)23-15-11-6-4-2)20(22)24-16-17-12-9-7-10-13-17/h7,9-10,12-13,18H,3-6,8,11,14-16H2,1-2H3. The minimum atomic E-state index is -0.804. The maximum atomic E-state index is 12.3. The normalized spacial score (nSPS) is 11.8. The van der Waals surface area contributed by atoms with E-state index in [1.807, 2.05) is 30.3 Å². The number of unbranched alkanes of at least 4 members (excludes halogenated alkanes) is 4. The van der Waals surface area contributed by atoms with Gasteiger partial charge in [0.15, 0.2) is 5.92 Å². The van der Waals surface area contributed by atoms with E-state index in [1.54, 1.807) is 0 Å². The number of hydrogen-bond donors (Lipinski definition) is 0. The summed E-state index contributed by atoms with van der Waals surface area (Å²) in [7, 11) is 0. The Morgan fingerprint density at radius 1 is 0.875 bits per heavy atom. The summed E-state index contributed by atoms with van der Waals surface area (Å²) in [5.41, 5.74) is 0.912. The van der Waals surface area contributed by atoms with Gasteiger partial charge in [0.1, 0.15) is 6.61 Å². The Morgan fingerprint density at radius 3 is 2.17 bits per heavy atom. The van der Waals surface area contributed by atoms with Crippen LogP contribution in [-0.4, -0.2) is 18.5 Å². The summed E-state index contributed by atoms with van der Waals surface area (Å²) in [4.78, 5) is 24.5. The average molecular weight is 334 g/mol. The molecule has 0 spiro atoms. The fourth-order valence-corrected chi connectivity index (χ4v) is 2.39. The zero-order valence-corrected chi connectivity index (χ0v) is 15.0. The monoisotopic (exact) mass is 334 g/mol. The van der Waals surface area contributed by atoms with Crippen LogP contribution in [0.4, 0.5) is 0 Å². The Labute approximate surface area is 145 Å². The molecule has 4 nitrogen and oxygen atoms in total. The number of carbonyl (C=O) groups is 2. The van der Waals surface area contributed by atoms with Gasteiger partial charge in [0.05, 0.1) is 6.61 Å². The molecular formula is C20H30O4. The third-order valence-electron chi connectivity index (χ3n) is 3.88. The van der Waals surface area contributed by atoms with Crippen LogP contribution in [0.3, 0.4) is 0 Å². The first-order valence-electron chi connectivity index (χ1n) is 9.06. The summed E-state index contributed by atoms with van der Waals surface area (Å²) < 4.78 is 10.6. The molecule has 0 amide bonds. The molecule has 24 heavy (non-hydrogen) atoms. The molecule has 1 rings (SSSR count). The van der Waals surface area contributed by atoms with Crippen LogP contribution < -0.4 is 0 Å². The van der Waals surface area contributed by atoms with Crippen LogP contribution in [0, 0.1) is 5.92 Å². The maximum absolute atomic E-state index is 12.3. The summed E-state index contributed by atoms with van der Waals surface area (Å²) in [6.07, 6.45) is 6.27. The molecule has 0 aliphatic carbocycles. The highest BCUT2D eigenvalue weighted by Crippen LogP contribution is 2.15. The van der Waals surface area contributed by atoms with E-state index in [9.17, 15) is 9.59 Å². The predicted molar refractivity (Wildman–Crippen MR) is 94.4 cm³/mol. The molecule has 0 N–H and O–H groups in total. The molecule has 1 atom stereocenters. The molecule has 0 saturated carbocycles. The third-order valence-corrected chi connectivity index (χ3v) is 3.88. The molecule has 1 aromatic rings. The lowest BCUT2D eigenvalue weighted by Gasteiger charge is -2.15. The van der Waals surface area contributed by atoms with Gasteiger partial charge in [-0.2, -0.15) is 0 Å². The van der Waals surface area contributed by atoms with Crippen LogP contribution >= 0.6 is 0 Å². The van der Waals surface area contributed by atoms with Crippen molar-refractivity contribution in [1.29, 1.82) is 0 Å². The smallest absolute Gasteiger partial charge is 0.320 e. The van der Waals surface area contributed by atoms with Crippen LogP contribution in [0.5, 0.6) is 0 Å². The van der Waals surface area contributed by atoms with E-state index in [-0.39, 0.29) is 6.61 Å². The van der Waals surface area contributed by atoms with Crippen molar-refractivity contribution in [3.63, 3.8) is 0 Å². The maximum Gasteiger partial charge on any atom is 0.320 e. The van der Waals surface area contributed by atoms with E-state index in [0.29, 0.717) is 13.0 Å². The number of ether oxygens (including phenoxy) is 2. The van der Waals surface area contributed by atoms with Crippen molar-refractivity contribution in [2.75, 3.05) is 6.61 Å². The molecule has 1 unspecified atom stereocenters. The molecule has 134 valence electrons. The van der Waals surface area contributed by atoms with Crippen LogP contribution in [0.1, 0.15) is 64.4 Å². The first-order valence-corrected chi connectivity index (χ1v) is 9.06. The summed E-state index contributed by atoms with van der Waals surface area (Å²) in [5, 5.41) is 0. The summed E-state index contributed by atoms with van der Waals surface area (Å²) >= 11 is 0. The molecular weight excluding hydrogens is 304 g/mol. The topological polar surface area (TPSA) is 52.6 Å². The highest BCUT2D eigenvalue weighted by atomic mass is 16.6. The molecule has 0 saturated heterocycles. The van der Waals surface area contributed by atoms with E-state index < -0.39 is 17.9 Å². The van der Waals surface area contributed by atoms with Gasteiger partial charge in [0, 0.05) is 0 Å². The molecule has 0 radical (unpaired) electrons. The van der Waals surface area contributed by atoms with E-state index in [1.165, 1.54) is 0 Å². The second-order valence-electron chi connectivity index (χ2n) is 6.02. The molecule has 4 heteroatoms. The van der Waals surface area contributed by atoms with Gasteiger partial charge in [0.25, 0.3) is 0 Å². The second kappa shape index (κ2) is 12.6. The van der Waals surface area contributed by atoms with Crippen LogP contribution in [0.15, 0.2) is 30.3 Å². The predicted octanol–water partition coefficient (Wildman–Crippen LogP) is 4.66. The number of rotatable bonds is 12. The van der Waals surface area contributed by atoms with Crippen molar-refractivity contribution in [3.8, 4) is 0 Å². The van der Waals surface area contributed by atoms with Gasteiger partial charge in [0.2, 0.25) is 0 Å². The van der Waals surface area contributed by atoms with Gasteiger partial charge < -0.3 is 9.47 Å². The Bertz CT molecular complexity index is 470. The fraction of sp³-hybridized carbons (Fsp3) is 0.600. The van der Waals surface area contributed by atoms with E-state index >= 15 is 0 Å². The summed E-state index contributed by atoms with van der Waals surface area (Å²) in [6, 6.07) is 9.48. The van der Waals surface area contributed by atoms with Crippen LogP contribution in [0.25, 0.3) is 0 Å². The summed E-state index contributed by atoms with van der Waals surface area (Å²) in [5.74, 6) is -1.72. The zero-order valence-electron chi connectivity index (χ0n) is 15.0. The number of hydrogen-bond acceptors (Lipinski definition) is 4. The van der Waals surface area contributed by atoms with Gasteiger partial charge in [-0.15, -0.1) is 0 Å². The minimum Gasteiger partial charge on any atom is -0.465 e. The van der Waals surface area contributed by atoms with E-state index in [4.69, 9.17) is 9.47 Å². The molecule has 0 aromatic heterocycles. The van der Waals surface area contributed by atoms with Crippen molar-refractivity contribution < 1.29 is 19.1 Å². The largest absolute Gasteiger partial charge is 0.465 e. The van der Waals surface area contributed by atoms with Crippen molar-refractivity contribution in [1.82, 2.24) is 0 Å². The van der Waals surface area contributed by atoms with Crippen molar-refractivity contribution in [2.24, 2.45) is 5.92 Å². The third kappa shape index (κ3) is 8.14. The molecule has 0 bridgehead atoms. The molecule has 1 aromatic carbocycles. The van der Waals surface area contributed by atoms with Crippen molar-refractivity contribution in [3.05, 3.63) is 35.9 Å². The number of esters is 2. The Hall–Kier alpha value is -1.84. The number of benzene rings is 1. The lowest BCUT2D eigenvalue weighted by molar-refractivity contribution is -0.163. The van der Waals surface area contributed by atoms with Gasteiger partial charge >= 0.3 is 11.9 Å².